The molecule has 2 rings (SSSR count). The van der Waals surface area contributed by atoms with Crippen molar-refractivity contribution in [1.82, 2.24) is 4.90 Å². The van der Waals surface area contributed by atoms with Crippen LogP contribution < -0.4 is 0 Å². The summed E-state index contributed by atoms with van der Waals surface area (Å²) in [6.45, 7) is 0. The maximum absolute atomic E-state index is 13.7. The maximum atomic E-state index is 13.7. The van der Waals surface area contributed by atoms with Gasteiger partial charge in [0.05, 0.1) is 6.10 Å². The third-order valence-corrected chi connectivity index (χ3v) is 4.65. The van der Waals surface area contributed by atoms with Crippen LogP contribution in [0.5, 0.6) is 0 Å². The lowest BCUT2D eigenvalue weighted by Crippen LogP contribution is -2.55. The molecule has 0 bridgehead atoms. The van der Waals surface area contributed by atoms with Crippen LogP contribution in [0.2, 0.25) is 0 Å². The monoisotopic (exact) mass is 283 g/mol. The number of halogens is 2. The third kappa shape index (κ3) is 3.01. The van der Waals surface area contributed by atoms with E-state index in [0.29, 0.717) is 0 Å². The molecular formula is C16H23F2NO. The number of nitrogens with zero attached hydrogens (tertiary/aromatic N) is 1. The van der Waals surface area contributed by atoms with Gasteiger partial charge >= 0.3 is 0 Å². The standard InChI is InChI=1S/C16H23F2NO/c1-19(2)16(8-4-3-5-9-16)15(20)11-12-10-13(17)6-7-14(12)18/h6-7,10,15,20H,3-5,8-9,11H2,1-2H3. The highest BCUT2D eigenvalue weighted by Gasteiger charge is 2.41. The Morgan fingerprint density at radius 1 is 1.20 bits per heavy atom. The molecule has 1 saturated carbocycles. The first-order valence-electron chi connectivity index (χ1n) is 7.25. The molecule has 1 fully saturated rings. The lowest BCUT2D eigenvalue weighted by atomic mass is 9.75. The first kappa shape index (κ1) is 15.4. The topological polar surface area (TPSA) is 23.5 Å². The Kier molecular flexibility index (Phi) is 4.76. The molecule has 0 radical (unpaired) electrons. The van der Waals surface area contributed by atoms with Crippen LogP contribution in [-0.4, -0.2) is 35.7 Å². The van der Waals surface area contributed by atoms with Crippen molar-refractivity contribution in [2.75, 3.05) is 14.1 Å². The molecule has 2 nitrogen and oxygen atoms in total. The van der Waals surface area contributed by atoms with E-state index in [1.165, 1.54) is 12.5 Å². The van der Waals surface area contributed by atoms with Gasteiger partial charge in [0.2, 0.25) is 0 Å². The van der Waals surface area contributed by atoms with Crippen LogP contribution in [0.3, 0.4) is 0 Å². The quantitative estimate of drug-likeness (QED) is 0.917. The smallest absolute Gasteiger partial charge is 0.126 e. The van der Waals surface area contributed by atoms with Crippen LogP contribution in [0.4, 0.5) is 8.78 Å². The second-order valence-corrected chi connectivity index (χ2v) is 6.01. The molecule has 112 valence electrons. The minimum Gasteiger partial charge on any atom is -0.391 e. The lowest BCUT2D eigenvalue weighted by molar-refractivity contribution is -0.0314. The number of hydrogen-bond donors (Lipinski definition) is 1. The molecule has 4 heteroatoms. The van der Waals surface area contributed by atoms with E-state index in [2.05, 4.69) is 0 Å². The predicted molar refractivity (Wildman–Crippen MR) is 75.6 cm³/mol. The van der Waals surface area contributed by atoms with Crippen molar-refractivity contribution in [2.24, 2.45) is 0 Å². The van der Waals surface area contributed by atoms with Gasteiger partial charge in [-0.1, -0.05) is 19.3 Å². The highest BCUT2D eigenvalue weighted by molar-refractivity contribution is 5.20. The molecule has 0 aliphatic heterocycles. The Hall–Kier alpha value is -1.00. The molecule has 1 aromatic carbocycles. The van der Waals surface area contributed by atoms with Gasteiger partial charge in [-0.3, -0.25) is 0 Å². The van der Waals surface area contributed by atoms with Gasteiger partial charge in [0.15, 0.2) is 0 Å². The summed E-state index contributed by atoms with van der Waals surface area (Å²) < 4.78 is 27.0. The highest BCUT2D eigenvalue weighted by Crippen LogP contribution is 2.36. The average Bonchev–Trinajstić information content (AvgIpc) is 2.43. The Balaban J connectivity index is 2.20. The van der Waals surface area contributed by atoms with Crippen LogP contribution in [0.15, 0.2) is 18.2 Å². The molecule has 0 amide bonds. The molecule has 1 aromatic rings. The lowest BCUT2D eigenvalue weighted by Gasteiger charge is -2.46. The zero-order chi connectivity index (χ0) is 14.8. The molecule has 1 aliphatic carbocycles. The molecule has 0 saturated heterocycles. The molecule has 0 aromatic heterocycles. The van der Waals surface area contributed by atoms with E-state index in [9.17, 15) is 13.9 Å². The number of rotatable bonds is 4. The SMILES string of the molecule is CN(C)C1(C(O)Cc2cc(F)ccc2F)CCCCC1. The van der Waals surface area contributed by atoms with E-state index in [1.54, 1.807) is 0 Å². The van der Waals surface area contributed by atoms with Crippen LogP contribution >= 0.6 is 0 Å². The molecule has 20 heavy (non-hydrogen) atoms. The summed E-state index contributed by atoms with van der Waals surface area (Å²) >= 11 is 0. The highest BCUT2D eigenvalue weighted by atomic mass is 19.1. The number of likely N-dealkylation sites (N-methyl/N-ethyl adjacent to an activating group) is 1. The largest absolute Gasteiger partial charge is 0.391 e. The minimum absolute atomic E-state index is 0.155. The first-order chi connectivity index (χ1) is 9.45. The van der Waals surface area contributed by atoms with Gasteiger partial charge in [-0.05, 0) is 50.7 Å². The number of aliphatic hydroxyl groups excluding tert-OH is 1. The van der Waals surface area contributed by atoms with E-state index >= 15 is 0 Å². The van der Waals surface area contributed by atoms with E-state index in [0.717, 1.165) is 37.8 Å². The fourth-order valence-corrected chi connectivity index (χ4v) is 3.34. The minimum atomic E-state index is -0.686. The Labute approximate surface area is 119 Å². The summed E-state index contributed by atoms with van der Waals surface area (Å²) in [5.41, 5.74) is -0.0684. The van der Waals surface area contributed by atoms with Crippen molar-refractivity contribution in [3.05, 3.63) is 35.4 Å². The molecule has 1 unspecified atom stereocenters. The third-order valence-electron chi connectivity index (χ3n) is 4.65. The second kappa shape index (κ2) is 6.19. The van der Waals surface area contributed by atoms with Gasteiger partial charge in [0.1, 0.15) is 11.6 Å². The van der Waals surface area contributed by atoms with Gasteiger partial charge in [0, 0.05) is 12.0 Å². The number of hydrogen-bond acceptors (Lipinski definition) is 2. The first-order valence-corrected chi connectivity index (χ1v) is 7.25. The van der Waals surface area contributed by atoms with E-state index in [-0.39, 0.29) is 17.5 Å². The summed E-state index contributed by atoms with van der Waals surface area (Å²) in [4.78, 5) is 2.05. The van der Waals surface area contributed by atoms with Gasteiger partial charge in [-0.25, -0.2) is 8.78 Å². The Morgan fingerprint density at radius 3 is 2.45 bits per heavy atom. The number of aliphatic hydroxyl groups is 1. The summed E-state index contributed by atoms with van der Waals surface area (Å²) in [7, 11) is 3.91. The van der Waals surface area contributed by atoms with Crippen LogP contribution in [0.25, 0.3) is 0 Å². The summed E-state index contributed by atoms with van der Waals surface area (Å²) in [5, 5.41) is 10.6. The van der Waals surface area contributed by atoms with Crippen molar-refractivity contribution < 1.29 is 13.9 Å². The van der Waals surface area contributed by atoms with Gasteiger partial charge in [-0.2, -0.15) is 0 Å². The fourth-order valence-electron chi connectivity index (χ4n) is 3.34. The van der Waals surface area contributed by atoms with Crippen molar-refractivity contribution in [2.45, 2.75) is 50.2 Å². The van der Waals surface area contributed by atoms with E-state index in [1.807, 2.05) is 19.0 Å². The van der Waals surface area contributed by atoms with Crippen LogP contribution in [0, 0.1) is 11.6 Å². The van der Waals surface area contributed by atoms with Crippen molar-refractivity contribution >= 4 is 0 Å². The Morgan fingerprint density at radius 2 is 1.85 bits per heavy atom. The van der Waals surface area contributed by atoms with Crippen molar-refractivity contribution in [3.63, 3.8) is 0 Å². The zero-order valence-electron chi connectivity index (χ0n) is 12.2. The summed E-state index contributed by atoms with van der Waals surface area (Å²) in [6.07, 6.45) is 4.59. The fraction of sp³-hybridized carbons (Fsp3) is 0.625. The molecule has 1 N–H and O–H groups in total. The normalized spacial score (nSPS) is 20.1. The summed E-state index contributed by atoms with van der Waals surface area (Å²) in [6, 6.07) is 3.42. The zero-order valence-corrected chi connectivity index (χ0v) is 12.2. The van der Waals surface area contributed by atoms with Crippen molar-refractivity contribution in [3.8, 4) is 0 Å². The predicted octanol–water partition coefficient (Wildman–Crippen LogP) is 3.13. The molecular weight excluding hydrogens is 260 g/mol. The molecule has 1 atom stereocenters. The number of benzene rings is 1. The van der Waals surface area contributed by atoms with Crippen molar-refractivity contribution in [1.29, 1.82) is 0 Å². The second-order valence-electron chi connectivity index (χ2n) is 6.01. The summed E-state index contributed by atoms with van der Waals surface area (Å²) in [5.74, 6) is -0.911. The van der Waals surface area contributed by atoms with Gasteiger partial charge in [-0.15, -0.1) is 0 Å². The van der Waals surface area contributed by atoms with Gasteiger partial charge in [0.25, 0.3) is 0 Å². The van der Waals surface area contributed by atoms with E-state index < -0.39 is 17.7 Å². The van der Waals surface area contributed by atoms with Crippen LogP contribution in [0.1, 0.15) is 37.7 Å². The van der Waals surface area contributed by atoms with E-state index in [4.69, 9.17) is 0 Å². The Bertz CT molecular complexity index is 456. The van der Waals surface area contributed by atoms with Gasteiger partial charge < -0.3 is 10.0 Å². The average molecular weight is 283 g/mol. The molecule has 0 heterocycles. The molecule has 0 spiro atoms. The van der Waals surface area contributed by atoms with Crippen LogP contribution in [-0.2, 0) is 6.42 Å². The molecule has 1 aliphatic rings. The maximum Gasteiger partial charge on any atom is 0.126 e.